The monoisotopic (exact) mass is 343 g/mol. The van der Waals surface area contributed by atoms with Crippen LogP contribution < -0.4 is 5.32 Å². The molecule has 5 heteroatoms. The molecule has 0 unspecified atom stereocenters. The van der Waals surface area contributed by atoms with Crippen molar-refractivity contribution in [3.05, 3.63) is 27.9 Å². The first kappa shape index (κ1) is 12.3. The molecule has 2 aromatic rings. The lowest BCUT2D eigenvalue weighted by Gasteiger charge is -2.12. The summed E-state index contributed by atoms with van der Waals surface area (Å²) in [7, 11) is 1.87. The highest BCUT2D eigenvalue weighted by molar-refractivity contribution is 14.1. The average Bonchev–Trinajstić information content (AvgIpc) is 2.82. The topological polar surface area (TPSA) is 51.0 Å². The third-order valence-corrected chi connectivity index (χ3v) is 3.50. The van der Waals surface area contributed by atoms with E-state index >= 15 is 0 Å². The van der Waals surface area contributed by atoms with Gasteiger partial charge in [-0.15, -0.1) is 0 Å². The van der Waals surface area contributed by atoms with E-state index < -0.39 is 0 Å². The highest BCUT2D eigenvalue weighted by Gasteiger charge is 2.15. The van der Waals surface area contributed by atoms with E-state index in [1.54, 1.807) is 12.5 Å². The molecule has 2 rings (SSSR count). The number of nitrogens with one attached hydrogen (secondary N) is 1. The molecule has 2 heterocycles. The van der Waals surface area contributed by atoms with Crippen LogP contribution in [0.5, 0.6) is 0 Å². The zero-order valence-corrected chi connectivity index (χ0v) is 12.1. The van der Waals surface area contributed by atoms with Gasteiger partial charge in [-0.05, 0) is 34.6 Å². The number of hydrogen-bond acceptors (Lipinski definition) is 4. The summed E-state index contributed by atoms with van der Waals surface area (Å²) in [5, 5.41) is 3.10. The molecular weight excluding hydrogens is 329 g/mol. The molecule has 0 saturated heterocycles. The number of rotatable bonds is 3. The van der Waals surface area contributed by atoms with Gasteiger partial charge in [-0.2, -0.15) is 0 Å². The highest BCUT2D eigenvalue weighted by Crippen LogP contribution is 2.28. The molecule has 1 N–H and O–H groups in total. The Morgan fingerprint density at radius 2 is 2.12 bits per heavy atom. The van der Waals surface area contributed by atoms with Gasteiger partial charge >= 0.3 is 0 Å². The van der Waals surface area contributed by atoms with Gasteiger partial charge in [0.2, 0.25) is 0 Å². The van der Waals surface area contributed by atoms with Crippen molar-refractivity contribution in [3.8, 4) is 11.4 Å². The van der Waals surface area contributed by atoms with Crippen LogP contribution in [0.2, 0.25) is 0 Å². The van der Waals surface area contributed by atoms with Crippen LogP contribution in [0.4, 0.5) is 5.82 Å². The summed E-state index contributed by atoms with van der Waals surface area (Å²) in [5.74, 6) is 1.93. The normalized spacial score (nSPS) is 10.9. The molecule has 0 aliphatic heterocycles. The van der Waals surface area contributed by atoms with Gasteiger partial charge in [-0.3, -0.25) is 0 Å². The third kappa shape index (κ3) is 2.43. The maximum Gasteiger partial charge on any atom is 0.165 e. The SMILES string of the molecule is CNc1nc(-c2ccoc2)nc(C(C)C)c1I. The van der Waals surface area contributed by atoms with Gasteiger partial charge in [0.15, 0.2) is 5.82 Å². The molecular formula is C12H14IN3O. The summed E-state index contributed by atoms with van der Waals surface area (Å²) in [4.78, 5) is 9.09. The van der Waals surface area contributed by atoms with E-state index in [1.165, 1.54) is 0 Å². The van der Waals surface area contributed by atoms with Crippen molar-refractivity contribution in [2.75, 3.05) is 12.4 Å². The maximum absolute atomic E-state index is 5.07. The summed E-state index contributed by atoms with van der Waals surface area (Å²) in [6, 6.07) is 1.87. The molecule has 0 amide bonds. The molecule has 90 valence electrons. The zero-order chi connectivity index (χ0) is 12.4. The van der Waals surface area contributed by atoms with E-state index in [0.717, 1.165) is 20.6 Å². The van der Waals surface area contributed by atoms with Gasteiger partial charge in [-0.1, -0.05) is 13.8 Å². The number of aromatic nitrogens is 2. The van der Waals surface area contributed by atoms with Crippen LogP contribution in [0.15, 0.2) is 23.0 Å². The predicted molar refractivity (Wildman–Crippen MR) is 76.1 cm³/mol. The van der Waals surface area contributed by atoms with Gasteiger partial charge in [0.25, 0.3) is 0 Å². The Labute approximate surface area is 114 Å². The minimum Gasteiger partial charge on any atom is -0.472 e. The van der Waals surface area contributed by atoms with Gasteiger partial charge in [0.1, 0.15) is 12.1 Å². The molecule has 0 saturated carbocycles. The van der Waals surface area contributed by atoms with Crippen LogP contribution in [0.25, 0.3) is 11.4 Å². The lowest BCUT2D eigenvalue weighted by Crippen LogP contribution is -2.06. The fourth-order valence-corrected chi connectivity index (χ4v) is 2.67. The predicted octanol–water partition coefficient (Wildman–Crippen LogP) is 3.51. The molecule has 2 aromatic heterocycles. The Morgan fingerprint density at radius 3 is 2.65 bits per heavy atom. The number of hydrogen-bond donors (Lipinski definition) is 1. The molecule has 17 heavy (non-hydrogen) atoms. The fourth-order valence-electron chi connectivity index (χ4n) is 1.53. The quantitative estimate of drug-likeness (QED) is 0.867. The second-order valence-corrected chi connectivity index (χ2v) is 5.09. The molecule has 0 aliphatic rings. The standard InChI is InChI=1S/C12H14IN3O/c1-7(2)10-9(13)12(14-3)16-11(15-10)8-4-5-17-6-8/h4-7H,1-3H3,(H,14,15,16). The minimum absolute atomic E-state index is 0.364. The Balaban J connectivity index is 2.59. The summed E-state index contributed by atoms with van der Waals surface area (Å²) in [6.45, 7) is 4.26. The largest absolute Gasteiger partial charge is 0.472 e. The van der Waals surface area contributed by atoms with E-state index in [1.807, 2.05) is 13.1 Å². The Bertz CT molecular complexity index is 509. The molecule has 0 atom stereocenters. The van der Waals surface area contributed by atoms with Crippen LogP contribution in [-0.4, -0.2) is 17.0 Å². The Hall–Kier alpha value is -1.11. The first-order chi connectivity index (χ1) is 8.13. The fraction of sp³-hybridized carbons (Fsp3) is 0.333. The molecule has 0 radical (unpaired) electrons. The van der Waals surface area contributed by atoms with Gasteiger partial charge in [0, 0.05) is 7.05 Å². The van der Waals surface area contributed by atoms with Crippen molar-refractivity contribution >= 4 is 28.4 Å². The first-order valence-electron chi connectivity index (χ1n) is 5.41. The second kappa shape index (κ2) is 5.03. The Morgan fingerprint density at radius 1 is 1.35 bits per heavy atom. The second-order valence-electron chi connectivity index (χ2n) is 4.01. The number of furan rings is 1. The van der Waals surface area contributed by atoms with Gasteiger partial charge in [-0.25, -0.2) is 9.97 Å². The smallest absolute Gasteiger partial charge is 0.165 e. The molecule has 4 nitrogen and oxygen atoms in total. The molecule has 0 fully saturated rings. The summed E-state index contributed by atoms with van der Waals surface area (Å²) < 4.78 is 6.15. The van der Waals surface area contributed by atoms with Crippen molar-refractivity contribution in [2.45, 2.75) is 19.8 Å². The van der Waals surface area contributed by atoms with E-state index in [2.05, 4.69) is 51.7 Å². The van der Waals surface area contributed by atoms with Crippen molar-refractivity contribution < 1.29 is 4.42 Å². The molecule has 0 aromatic carbocycles. The number of halogens is 1. The van der Waals surface area contributed by atoms with E-state index in [9.17, 15) is 0 Å². The number of nitrogens with zero attached hydrogens (tertiary/aromatic N) is 2. The van der Waals surface area contributed by atoms with Crippen molar-refractivity contribution in [1.29, 1.82) is 0 Å². The molecule has 0 aliphatic carbocycles. The first-order valence-corrected chi connectivity index (χ1v) is 6.49. The van der Waals surface area contributed by atoms with Crippen LogP contribution in [0, 0.1) is 3.57 Å². The third-order valence-electron chi connectivity index (χ3n) is 2.44. The molecule has 0 bridgehead atoms. The van der Waals surface area contributed by atoms with Crippen molar-refractivity contribution in [3.63, 3.8) is 0 Å². The van der Waals surface area contributed by atoms with E-state index in [-0.39, 0.29) is 0 Å². The van der Waals surface area contributed by atoms with Crippen LogP contribution in [0.1, 0.15) is 25.5 Å². The van der Waals surface area contributed by atoms with E-state index in [4.69, 9.17) is 4.42 Å². The van der Waals surface area contributed by atoms with Crippen LogP contribution in [-0.2, 0) is 0 Å². The number of anilines is 1. The average molecular weight is 343 g/mol. The maximum atomic E-state index is 5.07. The van der Waals surface area contributed by atoms with Gasteiger partial charge < -0.3 is 9.73 Å². The van der Waals surface area contributed by atoms with Crippen LogP contribution >= 0.6 is 22.6 Å². The minimum atomic E-state index is 0.364. The Kier molecular flexibility index (Phi) is 3.66. The summed E-state index contributed by atoms with van der Waals surface area (Å²) in [5.41, 5.74) is 1.96. The lowest BCUT2D eigenvalue weighted by molar-refractivity contribution is 0.568. The van der Waals surface area contributed by atoms with E-state index in [0.29, 0.717) is 11.7 Å². The summed E-state index contributed by atoms with van der Waals surface area (Å²) >= 11 is 2.28. The lowest BCUT2D eigenvalue weighted by atomic mass is 10.1. The van der Waals surface area contributed by atoms with Crippen LogP contribution in [0.3, 0.4) is 0 Å². The summed E-state index contributed by atoms with van der Waals surface area (Å²) in [6.07, 6.45) is 3.29. The zero-order valence-electron chi connectivity index (χ0n) is 9.99. The van der Waals surface area contributed by atoms with Crippen molar-refractivity contribution in [1.82, 2.24) is 9.97 Å². The van der Waals surface area contributed by atoms with Gasteiger partial charge in [0.05, 0.1) is 21.1 Å². The van der Waals surface area contributed by atoms with Crippen molar-refractivity contribution in [2.24, 2.45) is 0 Å². The molecule has 0 spiro atoms. The highest BCUT2D eigenvalue weighted by atomic mass is 127.